The molecule has 0 radical (unpaired) electrons. The molecule has 0 aromatic carbocycles. The first-order valence-corrected chi connectivity index (χ1v) is 5.51. The average molecular weight is 206 g/mol. The molecule has 0 spiro atoms. The van der Waals surface area contributed by atoms with Gasteiger partial charge in [-0.25, -0.2) is 4.98 Å². The highest BCUT2D eigenvalue weighted by Gasteiger charge is 2.12. The third kappa shape index (κ3) is 3.09. The summed E-state index contributed by atoms with van der Waals surface area (Å²) in [4.78, 5) is 4.05. The lowest BCUT2D eigenvalue weighted by atomic mass is 9.98. The Morgan fingerprint density at radius 1 is 1.40 bits per heavy atom. The highest BCUT2D eigenvalue weighted by atomic mass is 14.9. The molecule has 0 bridgehead atoms. The van der Waals surface area contributed by atoms with E-state index < -0.39 is 0 Å². The summed E-state index contributed by atoms with van der Waals surface area (Å²) in [5, 5.41) is 6.76. The molecule has 1 aliphatic rings. The van der Waals surface area contributed by atoms with E-state index >= 15 is 0 Å². The summed E-state index contributed by atoms with van der Waals surface area (Å²) in [7, 11) is 0. The monoisotopic (exact) mass is 206 g/mol. The lowest BCUT2D eigenvalue weighted by Gasteiger charge is -2.23. The van der Waals surface area contributed by atoms with Crippen molar-refractivity contribution in [1.29, 1.82) is 0 Å². The van der Waals surface area contributed by atoms with Crippen molar-refractivity contribution in [2.75, 3.05) is 30.7 Å². The fourth-order valence-electron chi connectivity index (χ4n) is 1.86. The van der Waals surface area contributed by atoms with Gasteiger partial charge in [-0.3, -0.25) is 0 Å². The highest BCUT2D eigenvalue weighted by molar-refractivity contribution is 5.45. The van der Waals surface area contributed by atoms with E-state index in [1.54, 1.807) is 6.20 Å². The van der Waals surface area contributed by atoms with Gasteiger partial charge in [0.1, 0.15) is 5.82 Å². The molecule has 1 saturated heterocycles. The SMILES string of the molecule is Nc1ccc(NCC2CCNCC2)cn1. The third-order valence-electron chi connectivity index (χ3n) is 2.84. The van der Waals surface area contributed by atoms with Crippen LogP contribution in [0.2, 0.25) is 0 Å². The first kappa shape index (κ1) is 10.2. The van der Waals surface area contributed by atoms with Gasteiger partial charge >= 0.3 is 0 Å². The van der Waals surface area contributed by atoms with Crippen LogP contribution in [-0.4, -0.2) is 24.6 Å². The Bertz CT molecular complexity index is 290. The van der Waals surface area contributed by atoms with Crippen molar-refractivity contribution in [3.05, 3.63) is 18.3 Å². The molecule has 4 nitrogen and oxygen atoms in total. The highest BCUT2D eigenvalue weighted by Crippen LogP contribution is 2.13. The van der Waals surface area contributed by atoms with Crippen molar-refractivity contribution < 1.29 is 0 Å². The molecule has 15 heavy (non-hydrogen) atoms. The zero-order valence-corrected chi connectivity index (χ0v) is 8.87. The van der Waals surface area contributed by atoms with E-state index in [-0.39, 0.29) is 0 Å². The molecule has 2 rings (SSSR count). The molecule has 1 fully saturated rings. The standard InChI is InChI=1S/C11H18N4/c12-11-2-1-10(8-15-11)14-7-9-3-5-13-6-4-9/h1-2,8-9,13-14H,3-7H2,(H2,12,15). The first-order valence-electron chi connectivity index (χ1n) is 5.51. The maximum Gasteiger partial charge on any atom is 0.123 e. The minimum absolute atomic E-state index is 0.572. The lowest BCUT2D eigenvalue weighted by molar-refractivity contribution is 0.390. The van der Waals surface area contributed by atoms with Gasteiger partial charge in [0.25, 0.3) is 0 Å². The predicted octanol–water partition coefficient (Wildman–Crippen LogP) is 1.08. The van der Waals surface area contributed by atoms with Gasteiger partial charge in [0.05, 0.1) is 11.9 Å². The summed E-state index contributed by atoms with van der Waals surface area (Å²) >= 11 is 0. The van der Waals surface area contributed by atoms with E-state index in [0.29, 0.717) is 5.82 Å². The fourth-order valence-corrected chi connectivity index (χ4v) is 1.86. The predicted molar refractivity (Wildman–Crippen MR) is 62.7 cm³/mol. The normalized spacial score (nSPS) is 17.6. The number of hydrogen-bond donors (Lipinski definition) is 3. The largest absolute Gasteiger partial charge is 0.384 e. The number of piperidine rings is 1. The number of aromatic nitrogens is 1. The molecule has 4 N–H and O–H groups in total. The smallest absolute Gasteiger partial charge is 0.123 e. The van der Waals surface area contributed by atoms with Crippen molar-refractivity contribution >= 4 is 11.5 Å². The summed E-state index contributed by atoms with van der Waals surface area (Å²) in [6, 6.07) is 3.80. The Kier molecular flexibility index (Phi) is 3.40. The molecule has 0 atom stereocenters. The Hall–Kier alpha value is -1.29. The van der Waals surface area contributed by atoms with E-state index in [0.717, 1.165) is 31.2 Å². The van der Waals surface area contributed by atoms with Crippen molar-refractivity contribution in [1.82, 2.24) is 10.3 Å². The van der Waals surface area contributed by atoms with Gasteiger partial charge in [-0.05, 0) is 44.0 Å². The van der Waals surface area contributed by atoms with Gasteiger partial charge in [0, 0.05) is 6.54 Å². The molecule has 4 heteroatoms. The number of rotatable bonds is 3. The lowest BCUT2D eigenvalue weighted by Crippen LogP contribution is -2.31. The minimum Gasteiger partial charge on any atom is -0.384 e. The molecular weight excluding hydrogens is 188 g/mol. The van der Waals surface area contributed by atoms with E-state index in [1.165, 1.54) is 12.8 Å². The van der Waals surface area contributed by atoms with E-state index in [2.05, 4.69) is 15.6 Å². The van der Waals surface area contributed by atoms with Crippen LogP contribution >= 0.6 is 0 Å². The van der Waals surface area contributed by atoms with Crippen LogP contribution in [0.3, 0.4) is 0 Å². The summed E-state index contributed by atoms with van der Waals surface area (Å²) in [5.74, 6) is 1.35. The fraction of sp³-hybridized carbons (Fsp3) is 0.545. The maximum atomic E-state index is 5.52. The topological polar surface area (TPSA) is 63.0 Å². The van der Waals surface area contributed by atoms with Crippen LogP contribution in [0.4, 0.5) is 11.5 Å². The van der Waals surface area contributed by atoms with Crippen LogP contribution in [0.5, 0.6) is 0 Å². The third-order valence-corrected chi connectivity index (χ3v) is 2.84. The molecule has 2 heterocycles. The molecule has 0 unspecified atom stereocenters. The Balaban J connectivity index is 1.79. The number of nitrogen functional groups attached to an aromatic ring is 1. The van der Waals surface area contributed by atoms with Crippen molar-refractivity contribution in [2.45, 2.75) is 12.8 Å². The zero-order chi connectivity index (χ0) is 10.5. The van der Waals surface area contributed by atoms with Crippen molar-refractivity contribution in [3.63, 3.8) is 0 Å². The Morgan fingerprint density at radius 2 is 2.20 bits per heavy atom. The van der Waals surface area contributed by atoms with E-state index in [1.807, 2.05) is 12.1 Å². The Morgan fingerprint density at radius 3 is 2.87 bits per heavy atom. The van der Waals surface area contributed by atoms with Crippen molar-refractivity contribution in [3.8, 4) is 0 Å². The molecule has 0 amide bonds. The first-order chi connectivity index (χ1) is 7.34. The van der Waals surface area contributed by atoms with Gasteiger partial charge in [0.15, 0.2) is 0 Å². The van der Waals surface area contributed by atoms with E-state index in [9.17, 15) is 0 Å². The zero-order valence-electron chi connectivity index (χ0n) is 8.87. The molecular formula is C11H18N4. The van der Waals surface area contributed by atoms with E-state index in [4.69, 9.17) is 5.73 Å². The van der Waals surface area contributed by atoms with Crippen LogP contribution in [0.25, 0.3) is 0 Å². The van der Waals surface area contributed by atoms with Gasteiger partial charge in [-0.2, -0.15) is 0 Å². The van der Waals surface area contributed by atoms with Gasteiger partial charge in [-0.15, -0.1) is 0 Å². The Labute approximate surface area is 90.3 Å². The summed E-state index contributed by atoms with van der Waals surface area (Å²) in [5.41, 5.74) is 6.58. The summed E-state index contributed by atoms with van der Waals surface area (Å²) in [6.45, 7) is 3.33. The molecule has 82 valence electrons. The average Bonchev–Trinajstić information content (AvgIpc) is 2.30. The number of nitrogens with two attached hydrogens (primary N) is 1. The van der Waals surface area contributed by atoms with Gasteiger partial charge in [-0.1, -0.05) is 0 Å². The number of nitrogens with one attached hydrogen (secondary N) is 2. The molecule has 0 aliphatic carbocycles. The van der Waals surface area contributed by atoms with Crippen molar-refractivity contribution in [2.24, 2.45) is 5.92 Å². The number of pyridine rings is 1. The van der Waals surface area contributed by atoms with Crippen LogP contribution in [-0.2, 0) is 0 Å². The second-order valence-corrected chi connectivity index (χ2v) is 4.05. The number of nitrogens with zero attached hydrogens (tertiary/aromatic N) is 1. The molecule has 0 saturated carbocycles. The maximum absolute atomic E-state index is 5.52. The van der Waals surface area contributed by atoms with Crippen LogP contribution in [0.15, 0.2) is 18.3 Å². The van der Waals surface area contributed by atoms with Crippen LogP contribution < -0.4 is 16.4 Å². The van der Waals surface area contributed by atoms with Crippen LogP contribution in [0, 0.1) is 5.92 Å². The summed E-state index contributed by atoms with van der Waals surface area (Å²) < 4.78 is 0. The van der Waals surface area contributed by atoms with Gasteiger partial charge < -0.3 is 16.4 Å². The molecule has 1 aromatic rings. The van der Waals surface area contributed by atoms with Gasteiger partial charge in [0.2, 0.25) is 0 Å². The summed E-state index contributed by atoms with van der Waals surface area (Å²) in [6.07, 6.45) is 4.31. The second kappa shape index (κ2) is 4.98. The second-order valence-electron chi connectivity index (χ2n) is 4.05. The molecule has 1 aliphatic heterocycles. The minimum atomic E-state index is 0.572. The molecule has 1 aromatic heterocycles. The number of hydrogen-bond acceptors (Lipinski definition) is 4. The quantitative estimate of drug-likeness (QED) is 0.692. The number of anilines is 2. The van der Waals surface area contributed by atoms with Crippen LogP contribution in [0.1, 0.15) is 12.8 Å².